The average Bonchev–Trinajstić information content (AvgIpc) is 2.59. The molecule has 25 heavy (non-hydrogen) atoms. The van der Waals surface area contributed by atoms with Gasteiger partial charge in [-0.15, -0.1) is 0 Å². The van der Waals surface area contributed by atoms with Gasteiger partial charge in [-0.25, -0.2) is 4.98 Å². The number of nitrogens with one attached hydrogen (secondary N) is 1. The van der Waals surface area contributed by atoms with E-state index < -0.39 is 0 Å². The Balaban J connectivity index is 1.89. The van der Waals surface area contributed by atoms with Crippen molar-refractivity contribution in [3.63, 3.8) is 0 Å². The lowest BCUT2D eigenvalue weighted by molar-refractivity contribution is 0.464. The number of hydrogen-bond acceptors (Lipinski definition) is 5. The van der Waals surface area contributed by atoms with Gasteiger partial charge in [-0.1, -0.05) is 40.9 Å². The van der Waals surface area contributed by atoms with Crippen molar-refractivity contribution in [3.05, 3.63) is 63.4 Å². The molecule has 0 saturated heterocycles. The van der Waals surface area contributed by atoms with Crippen LogP contribution in [0.5, 0.6) is 11.6 Å². The van der Waals surface area contributed by atoms with Gasteiger partial charge < -0.3 is 15.8 Å². The fraction of sp³-hybridized carbons (Fsp3) is 0.0588. The zero-order valence-corrected chi connectivity index (χ0v) is 15.3. The third kappa shape index (κ3) is 3.90. The summed E-state index contributed by atoms with van der Waals surface area (Å²) in [7, 11) is 0. The van der Waals surface area contributed by atoms with Crippen molar-refractivity contribution >= 4 is 52.0 Å². The van der Waals surface area contributed by atoms with Gasteiger partial charge in [-0.3, -0.25) is 0 Å². The van der Waals surface area contributed by atoms with Crippen LogP contribution in [0, 0.1) is 6.92 Å². The highest BCUT2D eigenvalue weighted by Crippen LogP contribution is 2.35. The summed E-state index contributed by atoms with van der Waals surface area (Å²) in [6.07, 6.45) is 1.34. The number of ether oxygens (including phenoxy) is 1. The van der Waals surface area contributed by atoms with E-state index in [1.54, 1.807) is 36.4 Å². The molecule has 0 aliphatic heterocycles. The van der Waals surface area contributed by atoms with E-state index in [1.807, 2.05) is 6.92 Å². The maximum Gasteiger partial charge on any atom is 0.248 e. The van der Waals surface area contributed by atoms with Crippen LogP contribution in [0.15, 0.2) is 42.7 Å². The van der Waals surface area contributed by atoms with E-state index in [0.717, 1.165) is 5.56 Å². The topological polar surface area (TPSA) is 73.1 Å². The van der Waals surface area contributed by atoms with E-state index in [9.17, 15) is 0 Å². The second-order valence-corrected chi connectivity index (χ2v) is 6.37. The monoisotopic (exact) mass is 394 g/mol. The minimum atomic E-state index is 0.220. The van der Waals surface area contributed by atoms with Crippen LogP contribution in [0.1, 0.15) is 5.56 Å². The molecule has 0 amide bonds. The summed E-state index contributed by atoms with van der Waals surface area (Å²) in [6.45, 7) is 1.88. The number of halogens is 3. The highest BCUT2D eigenvalue weighted by atomic mass is 35.5. The van der Waals surface area contributed by atoms with Gasteiger partial charge in [0.1, 0.15) is 17.8 Å². The van der Waals surface area contributed by atoms with E-state index in [2.05, 4.69) is 15.3 Å². The van der Waals surface area contributed by atoms with E-state index >= 15 is 0 Å². The van der Waals surface area contributed by atoms with Crippen LogP contribution < -0.4 is 15.8 Å². The molecule has 0 bridgehead atoms. The maximum absolute atomic E-state index is 6.17. The molecule has 5 nitrogen and oxygen atoms in total. The Bertz CT molecular complexity index is 934. The van der Waals surface area contributed by atoms with Crippen LogP contribution in [-0.4, -0.2) is 9.97 Å². The standard InChI is InChI=1S/C17H13Cl3N4O/c1-9-7-10(5-6-11(9)18)25-17-15(21)16(22-8-23-17)24-13-4-2-3-12(19)14(13)20/h2-8H,21H2,1H3,(H,22,23,24). The van der Waals surface area contributed by atoms with E-state index in [4.69, 9.17) is 45.3 Å². The lowest BCUT2D eigenvalue weighted by Crippen LogP contribution is -2.03. The summed E-state index contributed by atoms with van der Waals surface area (Å²) in [6, 6.07) is 10.5. The lowest BCUT2D eigenvalue weighted by atomic mass is 10.2. The molecule has 0 aliphatic carbocycles. The second-order valence-electron chi connectivity index (χ2n) is 5.18. The number of anilines is 3. The number of rotatable bonds is 4. The van der Waals surface area contributed by atoms with Crippen molar-refractivity contribution in [2.75, 3.05) is 11.1 Å². The summed E-state index contributed by atoms with van der Waals surface area (Å²) in [5, 5.41) is 4.48. The molecule has 3 aromatic rings. The van der Waals surface area contributed by atoms with Gasteiger partial charge in [-0.2, -0.15) is 4.98 Å². The normalized spacial score (nSPS) is 10.6. The summed E-state index contributed by atoms with van der Waals surface area (Å²) in [5.41, 5.74) is 7.82. The van der Waals surface area contributed by atoms with Gasteiger partial charge in [0.2, 0.25) is 5.88 Å². The van der Waals surface area contributed by atoms with Gasteiger partial charge in [-0.05, 0) is 42.8 Å². The molecule has 0 atom stereocenters. The largest absolute Gasteiger partial charge is 0.437 e. The fourth-order valence-corrected chi connectivity index (χ4v) is 2.55. The molecule has 3 rings (SSSR count). The third-order valence-electron chi connectivity index (χ3n) is 3.40. The fourth-order valence-electron chi connectivity index (χ4n) is 2.08. The number of aromatic nitrogens is 2. The van der Waals surface area contributed by atoms with E-state index in [1.165, 1.54) is 6.33 Å². The molecule has 2 aromatic carbocycles. The van der Waals surface area contributed by atoms with Gasteiger partial charge in [0.25, 0.3) is 0 Å². The Morgan fingerprint density at radius 2 is 1.84 bits per heavy atom. The highest BCUT2D eigenvalue weighted by Gasteiger charge is 2.13. The second kappa shape index (κ2) is 7.35. The molecule has 0 radical (unpaired) electrons. The van der Waals surface area contributed by atoms with Gasteiger partial charge in [0.05, 0.1) is 15.7 Å². The molecule has 0 fully saturated rings. The van der Waals surface area contributed by atoms with Crippen LogP contribution >= 0.6 is 34.8 Å². The Hall–Kier alpha value is -2.21. The first-order valence-electron chi connectivity index (χ1n) is 7.21. The number of nitrogens with two attached hydrogens (primary N) is 1. The molecule has 0 saturated carbocycles. The average molecular weight is 396 g/mol. The molecule has 0 aliphatic rings. The number of hydrogen-bond donors (Lipinski definition) is 2. The Morgan fingerprint density at radius 1 is 1.04 bits per heavy atom. The smallest absolute Gasteiger partial charge is 0.248 e. The first kappa shape index (κ1) is 17.6. The van der Waals surface area contributed by atoms with Crippen molar-refractivity contribution in [2.24, 2.45) is 0 Å². The third-order valence-corrected chi connectivity index (χ3v) is 4.64. The van der Waals surface area contributed by atoms with Crippen molar-refractivity contribution in [1.82, 2.24) is 9.97 Å². The minimum Gasteiger partial charge on any atom is -0.437 e. The van der Waals surface area contributed by atoms with Crippen molar-refractivity contribution in [2.45, 2.75) is 6.92 Å². The zero-order valence-electron chi connectivity index (χ0n) is 13.1. The molecule has 128 valence electrons. The van der Waals surface area contributed by atoms with Crippen LogP contribution in [0.4, 0.5) is 17.2 Å². The number of nitrogens with zero attached hydrogens (tertiary/aromatic N) is 2. The summed E-state index contributed by atoms with van der Waals surface area (Å²) < 4.78 is 5.74. The minimum absolute atomic E-state index is 0.220. The SMILES string of the molecule is Cc1cc(Oc2ncnc(Nc3cccc(Cl)c3Cl)c2N)ccc1Cl. The Kier molecular flexibility index (Phi) is 5.18. The number of aryl methyl sites for hydroxylation is 1. The molecular weight excluding hydrogens is 383 g/mol. The summed E-state index contributed by atoms with van der Waals surface area (Å²) >= 11 is 18.2. The van der Waals surface area contributed by atoms with Crippen molar-refractivity contribution < 1.29 is 4.74 Å². The first-order chi connectivity index (χ1) is 12.0. The zero-order chi connectivity index (χ0) is 18.0. The molecule has 0 spiro atoms. The van der Waals surface area contributed by atoms with E-state index in [-0.39, 0.29) is 11.6 Å². The molecule has 1 aromatic heterocycles. The number of benzene rings is 2. The van der Waals surface area contributed by atoms with Crippen molar-refractivity contribution in [1.29, 1.82) is 0 Å². The van der Waals surface area contributed by atoms with Gasteiger partial charge in [0.15, 0.2) is 5.82 Å². The van der Waals surface area contributed by atoms with Crippen LogP contribution in [0.2, 0.25) is 15.1 Å². The Morgan fingerprint density at radius 3 is 2.60 bits per heavy atom. The molecule has 8 heteroatoms. The molecule has 3 N–H and O–H groups in total. The predicted molar refractivity (Wildman–Crippen MR) is 102 cm³/mol. The van der Waals surface area contributed by atoms with Gasteiger partial charge >= 0.3 is 0 Å². The first-order valence-corrected chi connectivity index (χ1v) is 8.34. The van der Waals surface area contributed by atoms with Crippen LogP contribution in [-0.2, 0) is 0 Å². The Labute approximate surface area is 159 Å². The van der Waals surface area contributed by atoms with Crippen LogP contribution in [0.3, 0.4) is 0 Å². The summed E-state index contributed by atoms with van der Waals surface area (Å²) in [4.78, 5) is 8.21. The van der Waals surface area contributed by atoms with Crippen molar-refractivity contribution in [3.8, 4) is 11.6 Å². The molecular formula is C17H13Cl3N4O. The van der Waals surface area contributed by atoms with Gasteiger partial charge in [0, 0.05) is 5.02 Å². The lowest BCUT2D eigenvalue weighted by Gasteiger charge is -2.13. The summed E-state index contributed by atoms with van der Waals surface area (Å²) in [5.74, 6) is 1.15. The molecule has 1 heterocycles. The number of nitrogen functional groups attached to an aromatic ring is 1. The quantitative estimate of drug-likeness (QED) is 0.578. The van der Waals surface area contributed by atoms with Crippen LogP contribution in [0.25, 0.3) is 0 Å². The molecule has 0 unspecified atom stereocenters. The predicted octanol–water partition coefficient (Wildman–Crippen LogP) is 5.86. The highest BCUT2D eigenvalue weighted by molar-refractivity contribution is 6.43. The maximum atomic E-state index is 6.17. The van der Waals surface area contributed by atoms with E-state index in [0.29, 0.717) is 32.3 Å².